The van der Waals surface area contributed by atoms with Crippen molar-refractivity contribution in [2.75, 3.05) is 47.8 Å². The van der Waals surface area contributed by atoms with Gasteiger partial charge in [-0.1, -0.05) is 6.92 Å². The van der Waals surface area contributed by atoms with Crippen LogP contribution in [0, 0.1) is 0 Å². The fourth-order valence-electron chi connectivity index (χ4n) is 1.98. The van der Waals surface area contributed by atoms with Gasteiger partial charge in [0.25, 0.3) is 0 Å². The summed E-state index contributed by atoms with van der Waals surface area (Å²) in [6.45, 7) is 4.89. The van der Waals surface area contributed by atoms with Gasteiger partial charge >= 0.3 is 5.97 Å². The highest BCUT2D eigenvalue weighted by Gasteiger charge is 2.34. The van der Waals surface area contributed by atoms with Gasteiger partial charge in [0, 0.05) is 13.1 Å². The van der Waals surface area contributed by atoms with Crippen LogP contribution >= 0.6 is 0 Å². The maximum absolute atomic E-state index is 11.3. The summed E-state index contributed by atoms with van der Waals surface area (Å²) in [5, 5.41) is 12.2. The number of hydrogen-bond donors (Lipinski definition) is 2. The molecule has 18 heavy (non-hydrogen) atoms. The first-order valence-corrected chi connectivity index (χ1v) is 6.63. The molecular weight excluding hydrogens is 230 g/mol. The second-order valence-corrected chi connectivity index (χ2v) is 5.20. The minimum absolute atomic E-state index is 0.611. The van der Waals surface area contributed by atoms with Crippen LogP contribution in [0.1, 0.15) is 26.2 Å². The van der Waals surface area contributed by atoms with Crippen molar-refractivity contribution in [2.24, 2.45) is 0 Å². The number of hydrogen-bond acceptors (Lipinski definition) is 4. The topological polar surface area (TPSA) is 55.8 Å². The van der Waals surface area contributed by atoms with Crippen molar-refractivity contribution in [2.45, 2.75) is 31.7 Å². The summed E-state index contributed by atoms with van der Waals surface area (Å²) in [4.78, 5) is 15.7. The number of nitrogens with one attached hydrogen (secondary N) is 1. The van der Waals surface area contributed by atoms with Gasteiger partial charge in [-0.25, -0.2) is 0 Å². The number of nitrogens with zero attached hydrogens (tertiary/aromatic N) is 2. The highest BCUT2D eigenvalue weighted by atomic mass is 16.4. The van der Waals surface area contributed by atoms with Gasteiger partial charge in [0.1, 0.15) is 5.54 Å². The highest BCUT2D eigenvalue weighted by molar-refractivity contribution is 5.78. The molecule has 0 aliphatic heterocycles. The molecule has 0 amide bonds. The highest BCUT2D eigenvalue weighted by Crippen LogP contribution is 2.17. The molecule has 108 valence electrons. The van der Waals surface area contributed by atoms with Gasteiger partial charge in [0.15, 0.2) is 0 Å². The molecule has 5 nitrogen and oxygen atoms in total. The lowest BCUT2D eigenvalue weighted by molar-refractivity contribution is -0.145. The van der Waals surface area contributed by atoms with Crippen LogP contribution in [0.25, 0.3) is 0 Å². The smallest absolute Gasteiger partial charge is 0.323 e. The van der Waals surface area contributed by atoms with E-state index in [9.17, 15) is 9.90 Å². The first kappa shape index (κ1) is 17.4. The Kier molecular flexibility index (Phi) is 8.15. The summed E-state index contributed by atoms with van der Waals surface area (Å²) in [5.74, 6) is -0.747. The predicted molar refractivity (Wildman–Crippen MR) is 75.0 cm³/mol. The minimum atomic E-state index is -0.762. The molecule has 0 fully saturated rings. The number of rotatable bonds is 10. The number of carboxylic acids is 1. The van der Waals surface area contributed by atoms with Crippen LogP contribution in [-0.4, -0.2) is 74.2 Å². The van der Waals surface area contributed by atoms with Gasteiger partial charge in [-0.3, -0.25) is 4.79 Å². The fraction of sp³-hybridized carbons (Fsp3) is 0.923. The monoisotopic (exact) mass is 259 g/mol. The van der Waals surface area contributed by atoms with Crippen molar-refractivity contribution in [3.63, 3.8) is 0 Å². The van der Waals surface area contributed by atoms with E-state index >= 15 is 0 Å². The largest absolute Gasteiger partial charge is 0.480 e. The lowest BCUT2D eigenvalue weighted by Gasteiger charge is -2.28. The van der Waals surface area contributed by atoms with Crippen molar-refractivity contribution in [1.82, 2.24) is 15.1 Å². The molecule has 0 rings (SSSR count). The quantitative estimate of drug-likeness (QED) is 0.605. The Bertz CT molecular complexity index is 240. The zero-order valence-electron chi connectivity index (χ0n) is 12.5. The Hall–Kier alpha value is -0.650. The van der Waals surface area contributed by atoms with Crippen LogP contribution in [0.4, 0.5) is 0 Å². The molecule has 0 aliphatic rings. The van der Waals surface area contributed by atoms with Gasteiger partial charge < -0.3 is 20.2 Å². The van der Waals surface area contributed by atoms with Crippen molar-refractivity contribution in [1.29, 1.82) is 0 Å². The van der Waals surface area contributed by atoms with E-state index in [0.717, 1.165) is 26.1 Å². The van der Waals surface area contributed by atoms with Crippen molar-refractivity contribution >= 4 is 5.97 Å². The van der Waals surface area contributed by atoms with Crippen LogP contribution in [0.2, 0.25) is 0 Å². The molecule has 0 radical (unpaired) electrons. The van der Waals surface area contributed by atoms with Gasteiger partial charge in [-0.05, 0) is 54.0 Å². The Morgan fingerprint density at radius 3 is 2.22 bits per heavy atom. The van der Waals surface area contributed by atoms with Crippen LogP contribution in [-0.2, 0) is 4.79 Å². The van der Waals surface area contributed by atoms with E-state index in [1.165, 1.54) is 0 Å². The Morgan fingerprint density at radius 2 is 1.83 bits per heavy atom. The number of carboxylic acid groups (broad SMARTS) is 1. The Balaban J connectivity index is 4.03. The average Bonchev–Trinajstić information content (AvgIpc) is 2.32. The number of likely N-dealkylation sites (N-methyl/N-ethyl adjacent to an activating group) is 3. The standard InChI is InChI=1S/C13H29N3O2/c1-6-13(14-2,12(17)18)8-7-9-16(5)11-10-15(3)4/h14H,6-11H2,1-5H3,(H,17,18). The Morgan fingerprint density at radius 1 is 1.22 bits per heavy atom. The third-order valence-corrected chi connectivity index (χ3v) is 3.56. The molecule has 0 saturated carbocycles. The van der Waals surface area contributed by atoms with E-state index in [2.05, 4.69) is 36.3 Å². The van der Waals surface area contributed by atoms with Crippen LogP contribution in [0.5, 0.6) is 0 Å². The number of carbonyl (C=O) groups is 1. The van der Waals surface area contributed by atoms with Crippen molar-refractivity contribution in [3.05, 3.63) is 0 Å². The van der Waals surface area contributed by atoms with Crippen LogP contribution in [0.15, 0.2) is 0 Å². The second-order valence-electron chi connectivity index (χ2n) is 5.20. The zero-order chi connectivity index (χ0) is 14.2. The summed E-state index contributed by atoms with van der Waals surface area (Å²) in [5.41, 5.74) is -0.762. The van der Waals surface area contributed by atoms with E-state index < -0.39 is 11.5 Å². The molecule has 0 aromatic rings. The maximum atomic E-state index is 11.3. The SMILES string of the molecule is CCC(CCCN(C)CCN(C)C)(NC)C(=O)O. The molecule has 5 heteroatoms. The van der Waals surface area contributed by atoms with Gasteiger partial charge in [0.05, 0.1) is 0 Å². The van der Waals surface area contributed by atoms with E-state index in [1.54, 1.807) is 7.05 Å². The van der Waals surface area contributed by atoms with Crippen molar-refractivity contribution < 1.29 is 9.90 Å². The van der Waals surface area contributed by atoms with E-state index in [0.29, 0.717) is 12.8 Å². The minimum Gasteiger partial charge on any atom is -0.480 e. The van der Waals surface area contributed by atoms with Crippen LogP contribution in [0.3, 0.4) is 0 Å². The van der Waals surface area contributed by atoms with Crippen LogP contribution < -0.4 is 5.32 Å². The molecule has 0 aromatic carbocycles. The zero-order valence-corrected chi connectivity index (χ0v) is 12.5. The Labute approximate surface area is 111 Å². The molecule has 2 N–H and O–H groups in total. The third-order valence-electron chi connectivity index (χ3n) is 3.56. The normalized spacial score (nSPS) is 15.1. The van der Waals surface area contributed by atoms with E-state index in [1.807, 2.05) is 6.92 Å². The molecule has 0 aliphatic carbocycles. The molecule has 0 bridgehead atoms. The first-order valence-electron chi connectivity index (χ1n) is 6.63. The van der Waals surface area contributed by atoms with E-state index in [-0.39, 0.29) is 0 Å². The fourth-order valence-corrected chi connectivity index (χ4v) is 1.98. The number of aliphatic carboxylic acids is 1. The van der Waals surface area contributed by atoms with Gasteiger partial charge in [-0.15, -0.1) is 0 Å². The average molecular weight is 259 g/mol. The summed E-state index contributed by atoms with van der Waals surface area (Å²) in [6.07, 6.45) is 2.17. The van der Waals surface area contributed by atoms with E-state index in [4.69, 9.17) is 0 Å². The first-order chi connectivity index (χ1) is 8.38. The maximum Gasteiger partial charge on any atom is 0.323 e. The summed E-state index contributed by atoms with van der Waals surface area (Å²) in [7, 11) is 7.92. The molecule has 0 aromatic heterocycles. The molecule has 0 spiro atoms. The molecular formula is C13H29N3O2. The molecule has 0 heterocycles. The molecule has 1 atom stereocenters. The summed E-state index contributed by atoms with van der Waals surface area (Å²) < 4.78 is 0. The summed E-state index contributed by atoms with van der Waals surface area (Å²) in [6, 6.07) is 0. The van der Waals surface area contributed by atoms with Crippen molar-refractivity contribution in [3.8, 4) is 0 Å². The third kappa shape index (κ3) is 5.80. The molecule has 0 saturated heterocycles. The summed E-state index contributed by atoms with van der Waals surface area (Å²) >= 11 is 0. The van der Waals surface area contributed by atoms with Gasteiger partial charge in [0.2, 0.25) is 0 Å². The second kappa shape index (κ2) is 8.45. The molecule has 1 unspecified atom stereocenters. The van der Waals surface area contributed by atoms with Gasteiger partial charge in [-0.2, -0.15) is 0 Å². The predicted octanol–water partition coefficient (Wildman–Crippen LogP) is 0.713. The lowest BCUT2D eigenvalue weighted by Crippen LogP contribution is -2.50. The lowest BCUT2D eigenvalue weighted by atomic mass is 9.90.